The van der Waals surface area contributed by atoms with Crippen molar-refractivity contribution < 1.29 is 14.3 Å². The molecule has 2 amide bonds. The van der Waals surface area contributed by atoms with Crippen molar-refractivity contribution in [1.82, 2.24) is 19.9 Å². The van der Waals surface area contributed by atoms with Gasteiger partial charge in [-0.1, -0.05) is 23.9 Å². The van der Waals surface area contributed by atoms with E-state index in [1.807, 2.05) is 31.2 Å². The van der Waals surface area contributed by atoms with E-state index < -0.39 is 0 Å². The number of fused-ring (bicyclic) bond motifs is 1. The molecule has 0 saturated carbocycles. The van der Waals surface area contributed by atoms with Crippen LogP contribution in [0.3, 0.4) is 0 Å². The Morgan fingerprint density at radius 2 is 1.96 bits per heavy atom. The van der Waals surface area contributed by atoms with E-state index in [2.05, 4.69) is 15.0 Å². The fourth-order valence-corrected chi connectivity index (χ4v) is 4.02. The topological polar surface area (TPSA) is 88.2 Å². The first-order valence-electron chi connectivity index (χ1n) is 9.10. The van der Waals surface area contributed by atoms with Crippen LogP contribution >= 0.6 is 11.8 Å². The van der Waals surface area contributed by atoms with Crippen LogP contribution < -0.4 is 4.74 Å². The average molecular weight is 396 g/mol. The fourth-order valence-electron chi connectivity index (χ4n) is 3.11. The first kappa shape index (κ1) is 18.5. The summed E-state index contributed by atoms with van der Waals surface area (Å²) in [5.41, 5.74) is 3.82. The van der Waals surface area contributed by atoms with Crippen LogP contribution in [0.4, 0.5) is 0 Å². The number of carbonyl (C=O) groups excluding carboxylic acids is 2. The van der Waals surface area contributed by atoms with E-state index in [4.69, 9.17) is 4.74 Å². The Morgan fingerprint density at radius 3 is 2.75 bits per heavy atom. The number of nitrogens with zero attached hydrogens (tertiary/aromatic N) is 3. The number of likely N-dealkylation sites (tertiary alicyclic amines) is 1. The highest BCUT2D eigenvalue weighted by molar-refractivity contribution is 7.98. The molecule has 7 nitrogen and oxygen atoms in total. The molecule has 1 fully saturated rings. The molecule has 0 unspecified atom stereocenters. The number of para-hydroxylation sites is 2. The molecule has 1 saturated heterocycles. The lowest BCUT2D eigenvalue weighted by atomic mass is 10.2. The third kappa shape index (κ3) is 3.87. The summed E-state index contributed by atoms with van der Waals surface area (Å²) in [6, 6.07) is 9.72. The number of nitrogens with one attached hydrogen (secondary N) is 1. The van der Waals surface area contributed by atoms with Crippen LogP contribution in [0.2, 0.25) is 0 Å². The fraction of sp³-hybridized carbons (Fsp3) is 0.300. The molecular weight excluding hydrogens is 376 g/mol. The molecule has 3 aromatic rings. The molecule has 144 valence electrons. The molecule has 28 heavy (non-hydrogen) atoms. The molecule has 1 N–H and O–H groups in total. The number of benzene rings is 1. The number of hydrogen-bond donors (Lipinski definition) is 1. The second-order valence-corrected chi connectivity index (χ2v) is 7.48. The maximum Gasteiger partial charge on any atom is 0.229 e. The summed E-state index contributed by atoms with van der Waals surface area (Å²) in [7, 11) is 0. The number of rotatable bonds is 7. The number of imide groups is 1. The largest absolute Gasteiger partial charge is 0.491 e. The molecule has 0 radical (unpaired) electrons. The highest BCUT2D eigenvalue weighted by Gasteiger charge is 2.28. The van der Waals surface area contributed by atoms with E-state index in [0.29, 0.717) is 24.3 Å². The Balaban J connectivity index is 1.37. The number of thioether (sulfide) groups is 1. The van der Waals surface area contributed by atoms with Crippen molar-refractivity contribution in [1.29, 1.82) is 0 Å². The Labute approximate surface area is 166 Å². The zero-order valence-electron chi connectivity index (χ0n) is 15.5. The van der Waals surface area contributed by atoms with Crippen molar-refractivity contribution in [3.63, 3.8) is 0 Å². The summed E-state index contributed by atoms with van der Waals surface area (Å²) in [4.78, 5) is 36.9. The van der Waals surface area contributed by atoms with Crippen molar-refractivity contribution in [3.05, 3.63) is 47.8 Å². The van der Waals surface area contributed by atoms with Crippen LogP contribution in [-0.4, -0.2) is 44.8 Å². The van der Waals surface area contributed by atoms with Gasteiger partial charge in [-0.2, -0.15) is 0 Å². The lowest BCUT2D eigenvalue weighted by molar-refractivity contribution is -0.138. The highest BCUT2D eigenvalue weighted by atomic mass is 32.2. The van der Waals surface area contributed by atoms with Crippen molar-refractivity contribution in [3.8, 4) is 5.75 Å². The predicted octanol–water partition coefficient (Wildman–Crippen LogP) is 3.09. The number of hydrogen-bond acceptors (Lipinski definition) is 6. The molecule has 4 rings (SSSR count). The molecule has 1 aromatic carbocycles. The van der Waals surface area contributed by atoms with Gasteiger partial charge in [-0.25, -0.2) is 4.98 Å². The number of amides is 2. The molecule has 0 spiro atoms. The molecule has 0 bridgehead atoms. The molecule has 1 aliphatic rings. The van der Waals surface area contributed by atoms with Gasteiger partial charge in [0, 0.05) is 30.4 Å². The number of imidazole rings is 1. The first-order chi connectivity index (χ1) is 13.6. The number of aromatic nitrogens is 3. The Hall–Kier alpha value is -2.87. The number of aromatic amines is 1. The minimum atomic E-state index is -0.122. The summed E-state index contributed by atoms with van der Waals surface area (Å²) in [6.45, 7) is 2.52. The molecular formula is C20H20N4O3S. The Morgan fingerprint density at radius 1 is 1.18 bits per heavy atom. The molecule has 2 aromatic heterocycles. The second-order valence-electron chi connectivity index (χ2n) is 6.52. The normalized spacial score (nSPS) is 14.2. The van der Waals surface area contributed by atoms with Crippen LogP contribution in [0, 0.1) is 6.92 Å². The van der Waals surface area contributed by atoms with E-state index in [0.717, 1.165) is 27.4 Å². The van der Waals surface area contributed by atoms with Gasteiger partial charge in [0.1, 0.15) is 12.4 Å². The maximum atomic E-state index is 11.7. The summed E-state index contributed by atoms with van der Waals surface area (Å²) in [5.74, 6) is 1.13. The number of ether oxygens (including phenoxy) is 1. The SMILES string of the molecule is Cc1c(OCCN2C(=O)CCC2=O)ccnc1CSc1nc2ccccc2[nH]1. The highest BCUT2D eigenvalue weighted by Crippen LogP contribution is 2.27. The van der Waals surface area contributed by atoms with E-state index in [9.17, 15) is 9.59 Å². The van der Waals surface area contributed by atoms with Gasteiger partial charge in [0.05, 0.1) is 23.3 Å². The van der Waals surface area contributed by atoms with Crippen LogP contribution in [-0.2, 0) is 15.3 Å². The standard InChI is InChI=1S/C20H20N4O3S/c1-13-16(12-28-20-22-14-4-2-3-5-15(14)23-20)21-9-8-17(13)27-11-10-24-18(25)6-7-19(24)26/h2-5,8-9H,6-7,10-12H2,1H3,(H,22,23). The van der Waals surface area contributed by atoms with Crippen LogP contribution in [0.1, 0.15) is 24.1 Å². The zero-order chi connectivity index (χ0) is 19.5. The van der Waals surface area contributed by atoms with Gasteiger partial charge in [-0.3, -0.25) is 19.5 Å². The van der Waals surface area contributed by atoms with Crippen molar-refractivity contribution in [2.24, 2.45) is 0 Å². The number of pyridine rings is 1. The van der Waals surface area contributed by atoms with E-state index >= 15 is 0 Å². The average Bonchev–Trinajstić information content (AvgIpc) is 3.25. The van der Waals surface area contributed by atoms with Crippen molar-refractivity contribution >= 4 is 34.6 Å². The van der Waals surface area contributed by atoms with E-state index in [1.165, 1.54) is 4.90 Å². The van der Waals surface area contributed by atoms with Crippen molar-refractivity contribution in [2.75, 3.05) is 13.2 Å². The second kappa shape index (κ2) is 8.02. The van der Waals surface area contributed by atoms with E-state index in [-0.39, 0.29) is 25.0 Å². The molecule has 0 atom stereocenters. The van der Waals surface area contributed by atoms with Gasteiger partial charge < -0.3 is 9.72 Å². The zero-order valence-corrected chi connectivity index (χ0v) is 16.3. The lowest BCUT2D eigenvalue weighted by Crippen LogP contribution is -2.33. The number of H-pyrrole nitrogens is 1. The third-order valence-corrected chi connectivity index (χ3v) is 5.58. The molecule has 1 aliphatic heterocycles. The molecule has 3 heterocycles. The van der Waals surface area contributed by atoms with Gasteiger partial charge in [-0.05, 0) is 25.1 Å². The molecule has 0 aliphatic carbocycles. The van der Waals surface area contributed by atoms with Gasteiger partial charge in [0.2, 0.25) is 11.8 Å². The first-order valence-corrected chi connectivity index (χ1v) is 10.1. The minimum Gasteiger partial charge on any atom is -0.491 e. The molecule has 8 heteroatoms. The van der Waals surface area contributed by atoms with Gasteiger partial charge in [0.25, 0.3) is 0 Å². The number of carbonyl (C=O) groups is 2. The van der Waals surface area contributed by atoms with E-state index in [1.54, 1.807) is 24.0 Å². The Bertz CT molecular complexity index is 984. The quantitative estimate of drug-likeness (QED) is 0.488. The Kier molecular flexibility index (Phi) is 5.29. The van der Waals surface area contributed by atoms with Gasteiger partial charge in [0.15, 0.2) is 5.16 Å². The van der Waals surface area contributed by atoms with Crippen LogP contribution in [0.25, 0.3) is 11.0 Å². The van der Waals surface area contributed by atoms with Gasteiger partial charge >= 0.3 is 0 Å². The maximum absolute atomic E-state index is 11.7. The summed E-state index contributed by atoms with van der Waals surface area (Å²) in [6.07, 6.45) is 2.32. The summed E-state index contributed by atoms with van der Waals surface area (Å²) < 4.78 is 5.82. The monoisotopic (exact) mass is 396 g/mol. The van der Waals surface area contributed by atoms with Gasteiger partial charge in [-0.15, -0.1) is 0 Å². The van der Waals surface area contributed by atoms with Crippen molar-refractivity contribution in [2.45, 2.75) is 30.7 Å². The summed E-state index contributed by atoms with van der Waals surface area (Å²) >= 11 is 1.58. The predicted molar refractivity (Wildman–Crippen MR) is 106 cm³/mol. The van der Waals surface area contributed by atoms with Crippen LogP contribution in [0.15, 0.2) is 41.7 Å². The van der Waals surface area contributed by atoms with Crippen LogP contribution in [0.5, 0.6) is 5.75 Å². The minimum absolute atomic E-state index is 0.122. The summed E-state index contributed by atoms with van der Waals surface area (Å²) in [5, 5.41) is 0.847. The third-order valence-electron chi connectivity index (χ3n) is 4.70. The smallest absolute Gasteiger partial charge is 0.229 e. The lowest BCUT2D eigenvalue weighted by Gasteiger charge is -2.16.